The number of benzene rings is 1. The molecule has 2 aromatic rings. The molecule has 1 aromatic carbocycles. The Bertz CT molecular complexity index is 1030. The number of sulfonamides is 1. The van der Waals surface area contributed by atoms with Crippen molar-refractivity contribution in [2.24, 2.45) is 5.92 Å². The number of aromatic nitrogens is 2. The third kappa shape index (κ3) is 3.64. The number of rotatable bonds is 4. The average Bonchev–Trinajstić information content (AvgIpc) is 2.71. The minimum absolute atomic E-state index is 0.0404. The lowest BCUT2D eigenvalue weighted by atomic mass is 9.98. The van der Waals surface area contributed by atoms with E-state index in [2.05, 4.69) is 4.98 Å². The van der Waals surface area contributed by atoms with Crippen LogP contribution in [0, 0.1) is 12.8 Å². The van der Waals surface area contributed by atoms with Crippen molar-refractivity contribution < 1.29 is 17.9 Å². The molecular weight excluding hydrogens is 382 g/mol. The van der Waals surface area contributed by atoms with Crippen molar-refractivity contribution >= 4 is 10.0 Å². The summed E-state index contributed by atoms with van der Waals surface area (Å²) in [4.78, 5) is 16.5. The molecule has 0 bridgehead atoms. The maximum Gasteiger partial charge on any atom is 0.256 e. The Morgan fingerprint density at radius 1 is 1.14 bits per heavy atom. The molecule has 0 unspecified atom stereocenters. The molecule has 0 atom stereocenters. The maximum absolute atomic E-state index is 13.0. The molecule has 2 aliphatic heterocycles. The molecule has 0 radical (unpaired) electrons. The second kappa shape index (κ2) is 7.56. The minimum atomic E-state index is -3.59. The summed E-state index contributed by atoms with van der Waals surface area (Å²) in [5, 5.41) is 0. The number of ether oxygens (including phenoxy) is 2. The van der Waals surface area contributed by atoms with Crippen LogP contribution in [0.2, 0.25) is 0 Å². The van der Waals surface area contributed by atoms with Gasteiger partial charge in [-0.15, -0.1) is 0 Å². The summed E-state index contributed by atoms with van der Waals surface area (Å²) in [6.07, 6.45) is 4.50. The smallest absolute Gasteiger partial charge is 0.256 e. The summed E-state index contributed by atoms with van der Waals surface area (Å²) in [5.41, 5.74) is 0.572. The number of hydrogen-bond acceptors (Lipinski definition) is 6. The van der Waals surface area contributed by atoms with E-state index in [1.165, 1.54) is 10.4 Å². The maximum atomic E-state index is 13.0. The lowest BCUT2D eigenvalue weighted by Gasteiger charge is -2.31. The van der Waals surface area contributed by atoms with E-state index < -0.39 is 10.0 Å². The Kier molecular flexibility index (Phi) is 5.11. The van der Waals surface area contributed by atoms with Crippen LogP contribution in [0.3, 0.4) is 0 Å². The van der Waals surface area contributed by atoms with Crippen LogP contribution in [0.4, 0.5) is 0 Å². The highest BCUT2D eigenvalue weighted by Gasteiger charge is 2.30. The molecular formula is C19H23N3O5S. The predicted molar refractivity (Wildman–Crippen MR) is 102 cm³/mol. The Hall–Kier alpha value is -2.39. The van der Waals surface area contributed by atoms with Gasteiger partial charge in [-0.1, -0.05) is 0 Å². The first-order valence-corrected chi connectivity index (χ1v) is 10.8. The first kappa shape index (κ1) is 18.9. The van der Waals surface area contributed by atoms with Gasteiger partial charge in [-0.3, -0.25) is 9.36 Å². The van der Waals surface area contributed by atoms with Gasteiger partial charge in [0.15, 0.2) is 11.5 Å². The average molecular weight is 405 g/mol. The van der Waals surface area contributed by atoms with Gasteiger partial charge in [-0.25, -0.2) is 13.4 Å². The van der Waals surface area contributed by atoms with Crippen LogP contribution in [0.25, 0.3) is 0 Å². The molecule has 1 saturated heterocycles. The topological polar surface area (TPSA) is 90.7 Å². The highest BCUT2D eigenvalue weighted by Crippen LogP contribution is 2.34. The van der Waals surface area contributed by atoms with Gasteiger partial charge in [0.05, 0.1) is 11.2 Å². The first-order valence-electron chi connectivity index (χ1n) is 9.36. The van der Waals surface area contributed by atoms with Crippen molar-refractivity contribution in [2.75, 3.05) is 26.3 Å². The second-order valence-corrected chi connectivity index (χ2v) is 9.13. The molecule has 2 aliphatic rings. The summed E-state index contributed by atoms with van der Waals surface area (Å²) in [7, 11) is -3.59. The Labute approximate surface area is 163 Å². The Morgan fingerprint density at radius 2 is 1.86 bits per heavy atom. The Balaban J connectivity index is 1.44. The Morgan fingerprint density at radius 3 is 2.61 bits per heavy atom. The standard InChI is InChI=1S/C19H23N3O5S/c1-14-11-20-13-21(19(14)23)12-15-4-6-22(7-5-15)28(24,25)16-2-3-17-18(10-16)27-9-8-26-17/h2-3,10-11,13,15H,4-9,12H2,1H3. The van der Waals surface area contributed by atoms with Gasteiger partial charge in [-0.2, -0.15) is 4.31 Å². The van der Waals surface area contributed by atoms with Crippen molar-refractivity contribution in [3.8, 4) is 11.5 Å². The summed E-state index contributed by atoms with van der Waals surface area (Å²) in [6.45, 7) is 4.03. The third-order valence-corrected chi connectivity index (χ3v) is 7.15. The molecule has 0 spiro atoms. The molecule has 3 heterocycles. The van der Waals surface area contributed by atoms with Crippen molar-refractivity contribution in [1.82, 2.24) is 13.9 Å². The fourth-order valence-electron chi connectivity index (χ4n) is 3.63. The molecule has 1 fully saturated rings. The van der Waals surface area contributed by atoms with E-state index in [0.717, 1.165) is 0 Å². The summed E-state index contributed by atoms with van der Waals surface area (Å²) in [6, 6.07) is 4.74. The monoisotopic (exact) mass is 405 g/mol. The molecule has 9 heteroatoms. The normalized spacial score (nSPS) is 18.2. The number of piperidine rings is 1. The number of nitrogens with zero attached hydrogens (tertiary/aromatic N) is 3. The number of aryl methyl sites for hydroxylation is 1. The van der Waals surface area contributed by atoms with Crippen LogP contribution in [-0.2, 0) is 16.6 Å². The van der Waals surface area contributed by atoms with Gasteiger partial charge in [-0.05, 0) is 37.8 Å². The zero-order valence-electron chi connectivity index (χ0n) is 15.7. The number of hydrogen-bond donors (Lipinski definition) is 0. The van der Waals surface area contributed by atoms with E-state index in [1.807, 2.05) is 0 Å². The van der Waals surface area contributed by atoms with E-state index >= 15 is 0 Å². The van der Waals surface area contributed by atoms with Crippen LogP contribution >= 0.6 is 0 Å². The van der Waals surface area contributed by atoms with Gasteiger partial charge in [0.2, 0.25) is 10.0 Å². The molecule has 0 amide bonds. The fourth-order valence-corrected chi connectivity index (χ4v) is 5.12. The first-order chi connectivity index (χ1) is 13.4. The molecule has 0 aliphatic carbocycles. The van der Waals surface area contributed by atoms with E-state index in [9.17, 15) is 13.2 Å². The lowest BCUT2D eigenvalue weighted by Crippen LogP contribution is -2.40. The summed E-state index contributed by atoms with van der Waals surface area (Å²) < 4.78 is 40.1. The molecule has 0 N–H and O–H groups in total. The van der Waals surface area contributed by atoms with Crippen molar-refractivity contribution in [1.29, 1.82) is 0 Å². The van der Waals surface area contributed by atoms with Gasteiger partial charge in [0.1, 0.15) is 13.2 Å². The van der Waals surface area contributed by atoms with E-state index in [4.69, 9.17) is 9.47 Å². The molecule has 1 aromatic heterocycles. The van der Waals surface area contributed by atoms with Crippen molar-refractivity contribution in [2.45, 2.75) is 31.2 Å². The van der Waals surface area contributed by atoms with Crippen molar-refractivity contribution in [3.63, 3.8) is 0 Å². The molecule has 8 nitrogen and oxygen atoms in total. The molecule has 28 heavy (non-hydrogen) atoms. The van der Waals surface area contributed by atoms with Gasteiger partial charge in [0, 0.05) is 37.5 Å². The van der Waals surface area contributed by atoms with Crippen LogP contribution in [0.15, 0.2) is 40.4 Å². The lowest BCUT2D eigenvalue weighted by molar-refractivity contribution is 0.171. The SMILES string of the molecule is Cc1cncn(CC2CCN(S(=O)(=O)c3ccc4c(c3)OCCO4)CC2)c1=O. The van der Waals surface area contributed by atoms with Gasteiger partial charge >= 0.3 is 0 Å². The molecule has 0 saturated carbocycles. The predicted octanol–water partition coefficient (Wildman–Crippen LogP) is 1.42. The van der Waals surface area contributed by atoms with Crippen molar-refractivity contribution in [3.05, 3.63) is 46.6 Å². The van der Waals surface area contributed by atoms with E-state index in [-0.39, 0.29) is 16.4 Å². The summed E-state index contributed by atoms with van der Waals surface area (Å²) in [5.74, 6) is 1.28. The van der Waals surface area contributed by atoms with Crippen LogP contribution in [-0.4, -0.2) is 48.6 Å². The minimum Gasteiger partial charge on any atom is -0.486 e. The highest BCUT2D eigenvalue weighted by atomic mass is 32.2. The fraction of sp³-hybridized carbons (Fsp3) is 0.474. The largest absolute Gasteiger partial charge is 0.486 e. The zero-order valence-corrected chi connectivity index (χ0v) is 16.5. The van der Waals surface area contributed by atoms with Gasteiger partial charge in [0.25, 0.3) is 5.56 Å². The summed E-state index contributed by atoms with van der Waals surface area (Å²) >= 11 is 0. The highest BCUT2D eigenvalue weighted by molar-refractivity contribution is 7.89. The molecule has 4 rings (SSSR count). The van der Waals surface area contributed by atoms with Gasteiger partial charge < -0.3 is 9.47 Å². The van der Waals surface area contributed by atoms with E-state index in [0.29, 0.717) is 62.8 Å². The number of fused-ring (bicyclic) bond motifs is 1. The van der Waals surface area contributed by atoms with Crippen LogP contribution < -0.4 is 15.0 Å². The van der Waals surface area contributed by atoms with E-state index in [1.54, 1.807) is 36.1 Å². The van der Waals surface area contributed by atoms with Crippen LogP contribution in [0.1, 0.15) is 18.4 Å². The van der Waals surface area contributed by atoms with Crippen LogP contribution in [0.5, 0.6) is 11.5 Å². The quantitative estimate of drug-likeness (QED) is 0.764. The third-order valence-electron chi connectivity index (χ3n) is 5.25. The molecule has 150 valence electrons. The zero-order chi connectivity index (χ0) is 19.7. The second-order valence-electron chi connectivity index (χ2n) is 7.19.